The van der Waals surface area contributed by atoms with Crippen LogP contribution in [-0.2, 0) is 33.9 Å². The van der Waals surface area contributed by atoms with Crippen LogP contribution in [0.25, 0.3) is 0 Å². The summed E-state index contributed by atoms with van der Waals surface area (Å²) in [5.74, 6) is -2.80. The molecule has 3 N–H and O–H groups in total. The van der Waals surface area contributed by atoms with Crippen molar-refractivity contribution in [2.24, 2.45) is 11.3 Å². The lowest BCUT2D eigenvalue weighted by Gasteiger charge is -2.36. The number of hydrogen-bond acceptors (Lipinski definition) is 9. The Hall–Kier alpha value is -4.14. The van der Waals surface area contributed by atoms with Crippen molar-refractivity contribution < 1.29 is 41.9 Å². The third kappa shape index (κ3) is 8.47. The van der Waals surface area contributed by atoms with Crippen LogP contribution in [0, 0.1) is 11.3 Å². The zero-order chi connectivity index (χ0) is 35.8. The van der Waals surface area contributed by atoms with Gasteiger partial charge in [-0.1, -0.05) is 45.0 Å². The summed E-state index contributed by atoms with van der Waals surface area (Å²) in [6.07, 6.45) is -0.135. The maximum atomic E-state index is 14.2. The van der Waals surface area contributed by atoms with Crippen LogP contribution in [0.5, 0.6) is 0 Å². The average Bonchev–Trinajstić information content (AvgIpc) is 3.91. The Morgan fingerprint density at radius 3 is 2.21 bits per heavy atom. The molecule has 264 valence electrons. The standard InChI is InChI=1S/C33H47N5O9S/c1-9-20-18-33(20,28(41)36-48(44,45)23-15-16-23)35-26(39)24-17-22(46-30(43)37(8)21-13-11-10-12-14-21)19-38(24)27(40)25(31(2,3)4)34-29(42)47-32(5,6)7/h9-14,20,22-25H,1,15-19H2,2-8H3,(H,34,42)(H,35,39)(H,36,41)/t20?,22-,24+,25-,33?/m1/s1. The van der Waals surface area contributed by atoms with Gasteiger partial charge in [-0.3, -0.25) is 24.0 Å². The van der Waals surface area contributed by atoms with E-state index in [-0.39, 0.29) is 19.4 Å². The van der Waals surface area contributed by atoms with E-state index in [1.165, 1.54) is 22.9 Å². The predicted octanol–water partition coefficient (Wildman–Crippen LogP) is 2.84. The number of carbonyl (C=O) groups excluding carboxylic acids is 5. The molecular formula is C33H47N5O9S. The van der Waals surface area contributed by atoms with E-state index < -0.39 is 85.8 Å². The fraction of sp³-hybridized carbons (Fsp3) is 0.606. The molecule has 5 amide bonds. The Balaban J connectivity index is 1.60. The third-order valence-corrected chi connectivity index (χ3v) is 10.4. The van der Waals surface area contributed by atoms with E-state index in [0.717, 1.165) is 0 Å². The summed E-state index contributed by atoms with van der Waals surface area (Å²) in [6.45, 7) is 13.8. The van der Waals surface area contributed by atoms with Gasteiger partial charge >= 0.3 is 12.2 Å². The quantitative estimate of drug-likeness (QED) is 0.312. The number of ether oxygens (including phenoxy) is 2. The molecule has 3 fully saturated rings. The second-order valence-electron chi connectivity index (χ2n) is 14.8. The number of benzene rings is 1. The number of anilines is 1. The van der Waals surface area contributed by atoms with Crippen LogP contribution in [0.15, 0.2) is 43.0 Å². The van der Waals surface area contributed by atoms with Crippen LogP contribution in [0.2, 0.25) is 0 Å². The van der Waals surface area contributed by atoms with Crippen molar-refractivity contribution >= 4 is 45.6 Å². The highest BCUT2D eigenvalue weighted by molar-refractivity contribution is 7.91. The first-order valence-corrected chi connectivity index (χ1v) is 17.5. The lowest BCUT2D eigenvalue weighted by atomic mass is 9.85. The zero-order valence-corrected chi connectivity index (χ0v) is 29.4. The SMILES string of the molecule is C=CC1CC1(NC(=O)[C@@H]1C[C@@H](OC(=O)N(C)c2ccccc2)CN1C(=O)[C@@H](NC(=O)OC(C)(C)C)C(C)(C)C)C(=O)NS(=O)(=O)C1CC1. The van der Waals surface area contributed by atoms with Crippen molar-refractivity contribution in [1.29, 1.82) is 0 Å². The highest BCUT2D eigenvalue weighted by Crippen LogP contribution is 2.45. The van der Waals surface area contributed by atoms with Gasteiger partial charge in [0.15, 0.2) is 0 Å². The number of amides is 5. The first kappa shape index (κ1) is 36.7. The minimum Gasteiger partial charge on any atom is -0.444 e. The molecule has 1 heterocycles. The lowest BCUT2D eigenvalue weighted by Crippen LogP contribution is -2.60. The van der Waals surface area contributed by atoms with Gasteiger partial charge in [-0.05, 0) is 57.6 Å². The van der Waals surface area contributed by atoms with Crippen molar-refractivity contribution in [3.8, 4) is 0 Å². The van der Waals surface area contributed by atoms with Crippen LogP contribution >= 0.6 is 0 Å². The van der Waals surface area contributed by atoms with Crippen LogP contribution in [0.3, 0.4) is 0 Å². The minimum absolute atomic E-state index is 0.111. The van der Waals surface area contributed by atoms with E-state index >= 15 is 0 Å². The fourth-order valence-electron chi connectivity index (χ4n) is 5.61. The van der Waals surface area contributed by atoms with Crippen molar-refractivity contribution in [3.63, 3.8) is 0 Å². The lowest BCUT2D eigenvalue weighted by molar-refractivity contribution is -0.143. The molecule has 2 saturated carbocycles. The number of nitrogens with one attached hydrogen (secondary N) is 3. The van der Waals surface area contributed by atoms with Gasteiger partial charge in [-0.2, -0.15) is 0 Å². The van der Waals surface area contributed by atoms with E-state index in [1.54, 1.807) is 71.9 Å². The first-order chi connectivity index (χ1) is 22.2. The number of rotatable bonds is 10. The molecular weight excluding hydrogens is 642 g/mol. The fourth-order valence-corrected chi connectivity index (χ4v) is 6.98. The smallest absolute Gasteiger partial charge is 0.414 e. The topological polar surface area (TPSA) is 181 Å². The highest BCUT2D eigenvalue weighted by Gasteiger charge is 2.62. The first-order valence-electron chi connectivity index (χ1n) is 16.0. The summed E-state index contributed by atoms with van der Waals surface area (Å²) in [5.41, 5.74) is -2.71. The van der Waals surface area contributed by atoms with Gasteiger partial charge in [0.2, 0.25) is 21.8 Å². The number of likely N-dealkylation sites (tertiary alicyclic amines) is 1. The number of para-hydroxylation sites is 1. The molecule has 2 aliphatic carbocycles. The number of carbonyl (C=O) groups is 5. The minimum atomic E-state index is -3.91. The van der Waals surface area contributed by atoms with Gasteiger partial charge in [0.25, 0.3) is 5.91 Å². The second-order valence-corrected chi connectivity index (χ2v) is 16.7. The van der Waals surface area contributed by atoms with E-state index in [0.29, 0.717) is 18.5 Å². The molecule has 2 unspecified atom stereocenters. The Labute approximate surface area is 282 Å². The molecule has 0 radical (unpaired) electrons. The van der Waals surface area contributed by atoms with Gasteiger partial charge in [-0.15, -0.1) is 6.58 Å². The largest absolute Gasteiger partial charge is 0.444 e. The highest BCUT2D eigenvalue weighted by atomic mass is 32.2. The van der Waals surface area contributed by atoms with E-state index in [1.807, 2.05) is 0 Å². The Morgan fingerprint density at radius 1 is 1.06 bits per heavy atom. The number of hydrogen-bond donors (Lipinski definition) is 3. The molecule has 15 heteroatoms. The number of alkyl carbamates (subject to hydrolysis) is 1. The maximum Gasteiger partial charge on any atom is 0.414 e. The normalized spacial score (nSPS) is 24.5. The second kappa shape index (κ2) is 13.4. The molecule has 0 bridgehead atoms. The van der Waals surface area contributed by atoms with Crippen molar-refractivity contribution in [2.45, 2.75) is 102 Å². The van der Waals surface area contributed by atoms with Crippen molar-refractivity contribution in [2.75, 3.05) is 18.5 Å². The molecule has 5 atom stereocenters. The molecule has 1 aromatic rings. The van der Waals surface area contributed by atoms with Gasteiger partial charge in [0.1, 0.15) is 29.3 Å². The van der Waals surface area contributed by atoms with E-state index in [9.17, 15) is 32.4 Å². The maximum absolute atomic E-state index is 14.2. The van der Waals surface area contributed by atoms with Gasteiger partial charge in [-0.25, -0.2) is 18.0 Å². The molecule has 48 heavy (non-hydrogen) atoms. The Morgan fingerprint density at radius 2 is 1.69 bits per heavy atom. The van der Waals surface area contributed by atoms with Crippen LogP contribution in [0.4, 0.5) is 15.3 Å². The summed E-state index contributed by atoms with van der Waals surface area (Å²) < 4.78 is 38.4. The predicted molar refractivity (Wildman–Crippen MR) is 177 cm³/mol. The number of nitrogens with zero attached hydrogens (tertiary/aromatic N) is 2. The van der Waals surface area contributed by atoms with Gasteiger partial charge in [0.05, 0.1) is 11.8 Å². The summed E-state index contributed by atoms with van der Waals surface area (Å²) in [6, 6.07) is 6.36. The van der Waals surface area contributed by atoms with Gasteiger partial charge in [0, 0.05) is 25.1 Å². The summed E-state index contributed by atoms with van der Waals surface area (Å²) in [7, 11) is -2.38. The molecule has 1 aromatic carbocycles. The monoisotopic (exact) mass is 689 g/mol. The zero-order valence-electron chi connectivity index (χ0n) is 28.6. The molecule has 4 rings (SSSR count). The van der Waals surface area contributed by atoms with Crippen LogP contribution < -0.4 is 20.3 Å². The Bertz CT molecular complexity index is 1550. The van der Waals surface area contributed by atoms with Crippen LogP contribution in [-0.4, -0.2) is 91.4 Å². The van der Waals surface area contributed by atoms with Crippen molar-refractivity contribution in [1.82, 2.24) is 20.3 Å². The van der Waals surface area contributed by atoms with Gasteiger partial charge < -0.3 is 25.0 Å². The molecule has 0 aromatic heterocycles. The molecule has 14 nitrogen and oxygen atoms in total. The van der Waals surface area contributed by atoms with Crippen molar-refractivity contribution in [3.05, 3.63) is 43.0 Å². The third-order valence-electron chi connectivity index (χ3n) is 8.56. The van der Waals surface area contributed by atoms with E-state index in [2.05, 4.69) is 21.9 Å². The van der Waals surface area contributed by atoms with Crippen LogP contribution in [0.1, 0.15) is 67.2 Å². The number of sulfonamides is 1. The molecule has 0 spiro atoms. The molecule has 1 aliphatic heterocycles. The Kier molecular flexibility index (Phi) is 10.2. The summed E-state index contributed by atoms with van der Waals surface area (Å²) in [5, 5.41) is 4.69. The summed E-state index contributed by atoms with van der Waals surface area (Å²) in [4.78, 5) is 70.1. The summed E-state index contributed by atoms with van der Waals surface area (Å²) >= 11 is 0. The molecule has 1 saturated heterocycles. The molecule has 3 aliphatic rings. The van der Waals surface area contributed by atoms with E-state index in [4.69, 9.17) is 9.47 Å². The average molecular weight is 690 g/mol.